The SMILES string of the molecule is C[C@H]1CN(C2CCC(C)(C(=O)NCc3cccnc3)C2)CCC12C=Cc1ccccc12. The van der Waals surface area contributed by atoms with Gasteiger partial charge in [0.1, 0.15) is 0 Å². The zero-order valence-electron chi connectivity index (χ0n) is 18.7. The second-order valence-corrected chi connectivity index (χ2v) is 10.1. The van der Waals surface area contributed by atoms with Gasteiger partial charge in [0, 0.05) is 42.4 Å². The highest BCUT2D eigenvalue weighted by Crippen LogP contribution is 2.49. The number of rotatable bonds is 4. The molecule has 1 aliphatic heterocycles. The Hall–Kier alpha value is -2.46. The molecule has 4 nitrogen and oxygen atoms in total. The van der Waals surface area contributed by atoms with Crippen LogP contribution >= 0.6 is 0 Å². The Morgan fingerprint density at radius 2 is 2.10 bits per heavy atom. The number of fused-ring (bicyclic) bond motifs is 2. The van der Waals surface area contributed by atoms with Crippen molar-refractivity contribution in [2.24, 2.45) is 11.3 Å². The lowest BCUT2D eigenvalue weighted by molar-refractivity contribution is -0.130. The predicted molar refractivity (Wildman–Crippen MR) is 124 cm³/mol. The van der Waals surface area contributed by atoms with Gasteiger partial charge in [-0.25, -0.2) is 0 Å². The number of benzene rings is 1. The summed E-state index contributed by atoms with van der Waals surface area (Å²) in [6, 6.07) is 13.3. The predicted octanol–water partition coefficient (Wildman–Crippen LogP) is 4.56. The zero-order valence-corrected chi connectivity index (χ0v) is 18.7. The smallest absolute Gasteiger partial charge is 0.226 e. The van der Waals surface area contributed by atoms with Crippen molar-refractivity contribution >= 4 is 12.0 Å². The standard InChI is InChI=1S/C27H33N3O/c1-20-19-30(15-13-27(20)12-9-22-7-3-4-8-24(22)27)23-10-11-26(2,16-23)25(31)29-18-21-6-5-14-28-17-21/h3-9,12,14,17,20,23H,10-11,13,15-16,18-19H2,1-2H3,(H,29,31)/t20-,23?,26?,27?/m0/s1. The number of likely N-dealkylation sites (tertiary alicyclic amines) is 1. The van der Waals surface area contributed by atoms with Crippen molar-refractivity contribution in [3.63, 3.8) is 0 Å². The Kier molecular flexibility index (Phi) is 5.21. The highest BCUT2D eigenvalue weighted by atomic mass is 16.2. The van der Waals surface area contributed by atoms with Crippen LogP contribution in [0.4, 0.5) is 0 Å². The lowest BCUT2D eigenvalue weighted by Crippen LogP contribution is -2.50. The molecule has 1 N–H and O–H groups in total. The highest BCUT2D eigenvalue weighted by Gasteiger charge is 2.48. The van der Waals surface area contributed by atoms with Gasteiger partial charge in [0.15, 0.2) is 0 Å². The number of hydrogen-bond donors (Lipinski definition) is 1. The number of amides is 1. The number of carbonyl (C=O) groups is 1. The Bertz CT molecular complexity index is 987. The third kappa shape index (κ3) is 3.61. The molecule has 0 radical (unpaired) electrons. The molecule has 2 heterocycles. The third-order valence-corrected chi connectivity index (χ3v) is 8.18. The van der Waals surface area contributed by atoms with Crippen LogP contribution in [0.15, 0.2) is 54.9 Å². The van der Waals surface area contributed by atoms with E-state index in [-0.39, 0.29) is 16.7 Å². The van der Waals surface area contributed by atoms with Crippen LogP contribution < -0.4 is 5.32 Å². The van der Waals surface area contributed by atoms with Crippen molar-refractivity contribution in [2.75, 3.05) is 13.1 Å². The Morgan fingerprint density at radius 1 is 1.23 bits per heavy atom. The molecule has 4 heteroatoms. The van der Waals surface area contributed by atoms with E-state index in [0.29, 0.717) is 18.5 Å². The van der Waals surface area contributed by atoms with Gasteiger partial charge in [-0.05, 0) is 60.9 Å². The van der Waals surface area contributed by atoms with Gasteiger partial charge >= 0.3 is 0 Å². The molecule has 3 aliphatic rings. The van der Waals surface area contributed by atoms with Gasteiger partial charge in [-0.1, -0.05) is 56.3 Å². The third-order valence-electron chi connectivity index (χ3n) is 8.18. The minimum Gasteiger partial charge on any atom is -0.351 e. The molecule has 1 aromatic carbocycles. The van der Waals surface area contributed by atoms with Crippen LogP contribution in [0.5, 0.6) is 0 Å². The molecule has 2 aliphatic carbocycles. The van der Waals surface area contributed by atoms with Crippen molar-refractivity contribution < 1.29 is 4.79 Å². The fourth-order valence-electron chi connectivity index (χ4n) is 6.18. The van der Waals surface area contributed by atoms with Crippen LogP contribution in [-0.4, -0.2) is 34.9 Å². The van der Waals surface area contributed by atoms with E-state index in [1.807, 2.05) is 18.3 Å². The van der Waals surface area contributed by atoms with Gasteiger partial charge in [0.05, 0.1) is 0 Å². The van der Waals surface area contributed by atoms with E-state index in [1.54, 1.807) is 6.20 Å². The normalized spacial score (nSPS) is 32.3. The first-order valence-electron chi connectivity index (χ1n) is 11.7. The summed E-state index contributed by atoms with van der Waals surface area (Å²) in [6.07, 6.45) is 12.6. The molecule has 1 amide bonds. The summed E-state index contributed by atoms with van der Waals surface area (Å²) in [5.41, 5.74) is 3.87. The lowest BCUT2D eigenvalue weighted by atomic mass is 9.68. The van der Waals surface area contributed by atoms with Gasteiger partial charge in [0.25, 0.3) is 0 Å². The molecule has 3 unspecified atom stereocenters. The molecule has 1 spiro atoms. The lowest BCUT2D eigenvalue weighted by Gasteiger charge is -2.46. The summed E-state index contributed by atoms with van der Waals surface area (Å²) in [7, 11) is 0. The minimum atomic E-state index is -0.273. The van der Waals surface area contributed by atoms with Gasteiger partial charge in [0.2, 0.25) is 5.91 Å². The van der Waals surface area contributed by atoms with Crippen molar-refractivity contribution in [2.45, 2.75) is 57.5 Å². The number of carbonyl (C=O) groups excluding carboxylic acids is 1. The average molecular weight is 416 g/mol. The number of allylic oxidation sites excluding steroid dienone is 1. The first kappa shape index (κ1) is 20.4. The van der Waals surface area contributed by atoms with E-state index in [2.05, 4.69) is 65.5 Å². The number of aromatic nitrogens is 1. The summed E-state index contributed by atoms with van der Waals surface area (Å²) in [6.45, 7) is 7.34. The highest BCUT2D eigenvalue weighted by molar-refractivity contribution is 5.82. The molecule has 0 bridgehead atoms. The summed E-state index contributed by atoms with van der Waals surface area (Å²) in [5.74, 6) is 0.764. The Labute approximate surface area is 185 Å². The monoisotopic (exact) mass is 415 g/mol. The van der Waals surface area contributed by atoms with Crippen LogP contribution in [0, 0.1) is 11.3 Å². The van der Waals surface area contributed by atoms with Gasteiger partial charge in [-0.15, -0.1) is 0 Å². The molecule has 162 valence electrons. The molecule has 31 heavy (non-hydrogen) atoms. The average Bonchev–Trinajstić information content (AvgIpc) is 3.38. The van der Waals surface area contributed by atoms with Gasteiger partial charge in [-0.2, -0.15) is 0 Å². The second kappa shape index (κ2) is 7.90. The van der Waals surface area contributed by atoms with E-state index in [4.69, 9.17) is 0 Å². The number of nitrogens with one attached hydrogen (secondary N) is 1. The molecule has 1 saturated carbocycles. The Morgan fingerprint density at radius 3 is 2.90 bits per heavy atom. The van der Waals surface area contributed by atoms with Crippen molar-refractivity contribution in [3.8, 4) is 0 Å². The molecule has 5 rings (SSSR count). The maximum Gasteiger partial charge on any atom is 0.226 e. The fraction of sp³-hybridized carbons (Fsp3) is 0.481. The molecule has 1 saturated heterocycles. The summed E-state index contributed by atoms with van der Waals surface area (Å²) in [4.78, 5) is 19.8. The van der Waals surface area contributed by atoms with Crippen LogP contribution in [0.3, 0.4) is 0 Å². The van der Waals surface area contributed by atoms with E-state index in [1.165, 1.54) is 17.5 Å². The molecule has 2 fully saturated rings. The van der Waals surface area contributed by atoms with Crippen molar-refractivity contribution in [3.05, 3.63) is 71.6 Å². The van der Waals surface area contributed by atoms with Gasteiger partial charge in [-0.3, -0.25) is 14.7 Å². The van der Waals surface area contributed by atoms with Crippen LogP contribution in [0.1, 0.15) is 56.2 Å². The summed E-state index contributed by atoms with van der Waals surface area (Å²) in [5, 5.41) is 3.16. The van der Waals surface area contributed by atoms with Crippen molar-refractivity contribution in [1.82, 2.24) is 15.2 Å². The van der Waals surface area contributed by atoms with E-state index < -0.39 is 0 Å². The van der Waals surface area contributed by atoms with Gasteiger partial charge < -0.3 is 5.32 Å². The molecule has 2 aromatic rings. The first-order chi connectivity index (χ1) is 15.0. The molecule has 4 atom stereocenters. The number of hydrogen-bond acceptors (Lipinski definition) is 3. The second-order valence-electron chi connectivity index (χ2n) is 10.1. The quantitative estimate of drug-likeness (QED) is 0.796. The number of nitrogens with zero attached hydrogens (tertiary/aromatic N) is 2. The molecular formula is C27H33N3O. The molecule has 1 aromatic heterocycles. The Balaban J connectivity index is 1.21. The van der Waals surface area contributed by atoms with Crippen molar-refractivity contribution in [1.29, 1.82) is 0 Å². The first-order valence-corrected chi connectivity index (χ1v) is 11.7. The molecular weight excluding hydrogens is 382 g/mol. The van der Waals surface area contributed by atoms with Crippen LogP contribution in [0.25, 0.3) is 6.08 Å². The number of pyridine rings is 1. The maximum atomic E-state index is 13.0. The zero-order chi connectivity index (χ0) is 21.5. The van der Waals surface area contributed by atoms with E-state index >= 15 is 0 Å². The maximum absolute atomic E-state index is 13.0. The topological polar surface area (TPSA) is 45.2 Å². The summed E-state index contributed by atoms with van der Waals surface area (Å²) >= 11 is 0. The largest absolute Gasteiger partial charge is 0.351 e. The van der Waals surface area contributed by atoms with Crippen LogP contribution in [-0.2, 0) is 16.8 Å². The number of piperidine rings is 1. The van der Waals surface area contributed by atoms with E-state index in [9.17, 15) is 4.79 Å². The van der Waals surface area contributed by atoms with Crippen LogP contribution in [0.2, 0.25) is 0 Å². The van der Waals surface area contributed by atoms with E-state index in [0.717, 1.165) is 37.9 Å². The minimum absolute atomic E-state index is 0.188. The fourth-order valence-corrected chi connectivity index (χ4v) is 6.18. The summed E-state index contributed by atoms with van der Waals surface area (Å²) < 4.78 is 0.